The topological polar surface area (TPSA) is 58.6 Å². The Kier molecular flexibility index (Phi) is 4.96. The summed E-state index contributed by atoms with van der Waals surface area (Å²) in [5.74, 6) is -0.266. The van der Waals surface area contributed by atoms with E-state index in [1.165, 1.54) is 0 Å². The summed E-state index contributed by atoms with van der Waals surface area (Å²) >= 11 is 0. The Labute approximate surface area is 125 Å². The van der Waals surface area contributed by atoms with Gasteiger partial charge < -0.3 is 15.0 Å². The first-order chi connectivity index (χ1) is 9.99. The lowest BCUT2D eigenvalue weighted by Gasteiger charge is -2.29. The van der Waals surface area contributed by atoms with Crippen molar-refractivity contribution in [2.75, 3.05) is 26.3 Å². The van der Waals surface area contributed by atoms with E-state index in [9.17, 15) is 9.59 Å². The first-order valence-corrected chi connectivity index (χ1v) is 7.23. The third-order valence-electron chi connectivity index (χ3n) is 3.67. The van der Waals surface area contributed by atoms with Crippen molar-refractivity contribution in [3.63, 3.8) is 0 Å². The molecule has 21 heavy (non-hydrogen) atoms. The van der Waals surface area contributed by atoms with E-state index >= 15 is 0 Å². The van der Waals surface area contributed by atoms with Crippen molar-refractivity contribution in [1.82, 2.24) is 10.2 Å². The van der Waals surface area contributed by atoms with Gasteiger partial charge in [0.1, 0.15) is 6.04 Å². The van der Waals surface area contributed by atoms with Gasteiger partial charge in [0, 0.05) is 18.7 Å². The lowest BCUT2D eigenvalue weighted by molar-refractivity contribution is -0.136. The van der Waals surface area contributed by atoms with Crippen molar-refractivity contribution in [1.29, 1.82) is 0 Å². The van der Waals surface area contributed by atoms with Gasteiger partial charge in [0.2, 0.25) is 5.91 Å². The molecule has 114 valence electrons. The van der Waals surface area contributed by atoms with Gasteiger partial charge in [-0.15, -0.1) is 0 Å². The predicted molar refractivity (Wildman–Crippen MR) is 80.2 cm³/mol. The van der Waals surface area contributed by atoms with E-state index in [-0.39, 0.29) is 11.8 Å². The highest BCUT2D eigenvalue weighted by atomic mass is 16.5. The van der Waals surface area contributed by atoms with E-state index in [1.54, 1.807) is 17.9 Å². The van der Waals surface area contributed by atoms with E-state index < -0.39 is 6.04 Å². The monoisotopic (exact) mass is 290 g/mol. The molecule has 0 aliphatic carbocycles. The first kappa shape index (κ1) is 15.5. The number of benzene rings is 1. The molecule has 5 heteroatoms. The fourth-order valence-electron chi connectivity index (χ4n) is 2.46. The zero-order chi connectivity index (χ0) is 15.4. The number of carbonyl (C=O) groups is 2. The van der Waals surface area contributed by atoms with Crippen LogP contribution in [0.3, 0.4) is 0 Å². The zero-order valence-electron chi connectivity index (χ0n) is 12.8. The van der Waals surface area contributed by atoms with Gasteiger partial charge in [0.05, 0.1) is 13.2 Å². The summed E-state index contributed by atoms with van der Waals surface area (Å²) in [4.78, 5) is 26.3. The highest BCUT2D eigenvalue weighted by Crippen LogP contribution is 2.11. The maximum Gasteiger partial charge on any atom is 0.252 e. The predicted octanol–water partition coefficient (Wildman–Crippen LogP) is 1.28. The summed E-state index contributed by atoms with van der Waals surface area (Å²) in [5, 5.41) is 2.78. The zero-order valence-corrected chi connectivity index (χ0v) is 12.8. The fourth-order valence-corrected chi connectivity index (χ4v) is 2.46. The third kappa shape index (κ3) is 3.82. The van der Waals surface area contributed by atoms with Gasteiger partial charge >= 0.3 is 0 Å². The Morgan fingerprint density at radius 1 is 1.24 bits per heavy atom. The summed E-state index contributed by atoms with van der Waals surface area (Å²) in [6.45, 7) is 7.90. The number of amides is 2. The van der Waals surface area contributed by atoms with Gasteiger partial charge in [0.25, 0.3) is 5.91 Å². The van der Waals surface area contributed by atoms with Crippen LogP contribution in [0.4, 0.5) is 0 Å². The fraction of sp³-hybridized carbons (Fsp3) is 0.500. The summed E-state index contributed by atoms with van der Waals surface area (Å²) in [5.41, 5.74) is 2.64. The summed E-state index contributed by atoms with van der Waals surface area (Å²) in [6, 6.07) is 5.13. The number of morpholine rings is 1. The minimum atomic E-state index is -0.531. The molecule has 0 aromatic heterocycles. The van der Waals surface area contributed by atoms with Crippen molar-refractivity contribution in [2.24, 2.45) is 0 Å². The van der Waals surface area contributed by atoms with Crippen LogP contribution in [-0.4, -0.2) is 49.1 Å². The molecule has 2 rings (SSSR count). The van der Waals surface area contributed by atoms with E-state index in [0.29, 0.717) is 31.9 Å². The maximum absolute atomic E-state index is 12.3. The molecule has 0 radical (unpaired) electrons. The van der Waals surface area contributed by atoms with Gasteiger partial charge in [-0.25, -0.2) is 0 Å². The number of ether oxygens (including phenoxy) is 1. The van der Waals surface area contributed by atoms with Crippen LogP contribution in [0.5, 0.6) is 0 Å². The molecule has 1 fully saturated rings. The van der Waals surface area contributed by atoms with Crippen molar-refractivity contribution in [3.8, 4) is 0 Å². The standard InChI is InChI=1S/C16H22N2O3/c1-11-4-5-14(12(2)10-11)15(19)17-13(3)16(20)18-6-8-21-9-7-18/h4-5,10,13H,6-9H2,1-3H3,(H,17,19)/t13-/m1/s1. The molecule has 1 atom stereocenters. The molecule has 2 amide bonds. The molecular weight excluding hydrogens is 268 g/mol. The Balaban J connectivity index is 1.99. The number of carbonyl (C=O) groups excluding carboxylic acids is 2. The number of nitrogens with zero attached hydrogens (tertiary/aromatic N) is 1. The van der Waals surface area contributed by atoms with Gasteiger partial charge in [-0.2, -0.15) is 0 Å². The average Bonchev–Trinajstić information content (AvgIpc) is 2.47. The lowest BCUT2D eigenvalue weighted by atomic mass is 10.0. The highest BCUT2D eigenvalue weighted by Gasteiger charge is 2.24. The number of hydrogen-bond acceptors (Lipinski definition) is 3. The van der Waals surface area contributed by atoms with Crippen LogP contribution in [0.1, 0.15) is 28.4 Å². The van der Waals surface area contributed by atoms with Gasteiger partial charge in [-0.05, 0) is 32.4 Å². The van der Waals surface area contributed by atoms with E-state index in [2.05, 4.69) is 5.32 Å². The largest absolute Gasteiger partial charge is 0.378 e. The molecule has 1 aliphatic rings. The molecule has 1 heterocycles. The molecule has 0 bridgehead atoms. The van der Waals surface area contributed by atoms with Crippen molar-refractivity contribution >= 4 is 11.8 Å². The number of rotatable bonds is 3. The molecule has 1 saturated heterocycles. The Hall–Kier alpha value is -1.88. The molecule has 1 aromatic carbocycles. The molecule has 1 aliphatic heterocycles. The Bertz CT molecular complexity index is 536. The number of nitrogens with one attached hydrogen (secondary N) is 1. The summed E-state index contributed by atoms with van der Waals surface area (Å²) < 4.78 is 5.23. The van der Waals surface area contributed by atoms with E-state index in [0.717, 1.165) is 11.1 Å². The smallest absolute Gasteiger partial charge is 0.252 e. The van der Waals surface area contributed by atoms with Crippen LogP contribution < -0.4 is 5.32 Å². The molecule has 1 N–H and O–H groups in total. The minimum absolute atomic E-state index is 0.0589. The van der Waals surface area contributed by atoms with Crippen LogP contribution in [0.2, 0.25) is 0 Å². The van der Waals surface area contributed by atoms with Crippen LogP contribution in [-0.2, 0) is 9.53 Å². The molecule has 5 nitrogen and oxygen atoms in total. The second kappa shape index (κ2) is 6.72. The van der Waals surface area contributed by atoms with Crippen molar-refractivity contribution < 1.29 is 14.3 Å². The van der Waals surface area contributed by atoms with Gasteiger partial charge in [0.15, 0.2) is 0 Å². The molecule has 0 spiro atoms. The van der Waals surface area contributed by atoms with Crippen molar-refractivity contribution in [3.05, 3.63) is 34.9 Å². The Morgan fingerprint density at radius 2 is 1.90 bits per heavy atom. The van der Waals surface area contributed by atoms with Gasteiger partial charge in [-0.3, -0.25) is 9.59 Å². The number of hydrogen-bond donors (Lipinski definition) is 1. The SMILES string of the molecule is Cc1ccc(C(=O)N[C@H](C)C(=O)N2CCOCC2)c(C)c1. The lowest BCUT2D eigenvalue weighted by Crippen LogP contribution is -2.50. The molecule has 0 unspecified atom stereocenters. The summed E-state index contributed by atoms with van der Waals surface area (Å²) in [7, 11) is 0. The van der Waals surface area contributed by atoms with E-state index in [4.69, 9.17) is 4.74 Å². The van der Waals surface area contributed by atoms with Crippen LogP contribution in [0.15, 0.2) is 18.2 Å². The summed E-state index contributed by atoms with van der Waals surface area (Å²) in [6.07, 6.45) is 0. The molecule has 0 saturated carbocycles. The molecule has 1 aromatic rings. The Morgan fingerprint density at radius 3 is 2.52 bits per heavy atom. The van der Waals surface area contributed by atoms with Crippen molar-refractivity contribution in [2.45, 2.75) is 26.8 Å². The quantitative estimate of drug-likeness (QED) is 0.912. The second-order valence-corrected chi connectivity index (χ2v) is 5.45. The average molecular weight is 290 g/mol. The minimum Gasteiger partial charge on any atom is -0.378 e. The van der Waals surface area contributed by atoms with Crippen LogP contribution in [0, 0.1) is 13.8 Å². The highest BCUT2D eigenvalue weighted by molar-refractivity contribution is 5.98. The van der Waals surface area contributed by atoms with E-state index in [1.807, 2.05) is 26.0 Å². The first-order valence-electron chi connectivity index (χ1n) is 7.23. The normalized spacial score (nSPS) is 16.4. The number of aryl methyl sites for hydroxylation is 2. The third-order valence-corrected chi connectivity index (χ3v) is 3.67. The molecular formula is C16H22N2O3. The van der Waals surface area contributed by atoms with Crippen LogP contribution in [0.25, 0.3) is 0 Å². The maximum atomic E-state index is 12.3. The van der Waals surface area contributed by atoms with Crippen LogP contribution >= 0.6 is 0 Å². The van der Waals surface area contributed by atoms with Gasteiger partial charge in [-0.1, -0.05) is 17.7 Å². The second-order valence-electron chi connectivity index (χ2n) is 5.45.